The van der Waals surface area contributed by atoms with Crippen LogP contribution in [0.15, 0.2) is 48.5 Å². The molecule has 5 heteroatoms. The van der Waals surface area contributed by atoms with Crippen LogP contribution in [-0.2, 0) is 10.2 Å². The third-order valence-corrected chi connectivity index (χ3v) is 5.07. The van der Waals surface area contributed by atoms with Gasteiger partial charge in [0.05, 0.1) is 22.5 Å². The second-order valence-electron chi connectivity index (χ2n) is 6.40. The number of nitrogens with one attached hydrogen (secondary N) is 2. The number of nitrogens with zero attached hydrogens (tertiary/aromatic N) is 1. The van der Waals surface area contributed by atoms with E-state index in [0.29, 0.717) is 5.02 Å². The minimum Gasteiger partial charge on any atom is -0.346 e. The molecule has 0 aliphatic heterocycles. The molecule has 2 N–H and O–H groups in total. The number of imidazole rings is 1. The number of aromatic amines is 1. The molecule has 1 fully saturated rings. The van der Waals surface area contributed by atoms with Crippen LogP contribution in [0.1, 0.15) is 37.2 Å². The number of para-hydroxylation sites is 2. The zero-order valence-electron chi connectivity index (χ0n) is 13.3. The lowest BCUT2D eigenvalue weighted by Gasteiger charge is -2.20. The van der Waals surface area contributed by atoms with E-state index in [0.717, 1.165) is 35.3 Å². The quantitative estimate of drug-likeness (QED) is 0.751. The number of carbonyl (C=O) groups excluding carboxylic acids is 1. The fourth-order valence-electron chi connectivity index (χ4n) is 3.17. The van der Waals surface area contributed by atoms with Gasteiger partial charge in [-0.25, -0.2) is 4.98 Å². The van der Waals surface area contributed by atoms with Crippen molar-refractivity contribution in [3.8, 4) is 0 Å². The monoisotopic (exact) mass is 339 g/mol. The number of fused-ring (bicyclic) bond motifs is 1. The van der Waals surface area contributed by atoms with E-state index >= 15 is 0 Å². The molecule has 1 amide bonds. The number of carbonyl (C=O) groups is 1. The molecular formula is C19H18ClN3O. The fraction of sp³-hybridized carbons (Fsp3) is 0.263. The lowest BCUT2D eigenvalue weighted by molar-refractivity contribution is -0.124. The summed E-state index contributed by atoms with van der Waals surface area (Å²) in [6.07, 6.45) is 1.66. The molecule has 1 saturated carbocycles. The minimum absolute atomic E-state index is 0.0172. The van der Waals surface area contributed by atoms with E-state index in [1.165, 1.54) is 0 Å². The van der Waals surface area contributed by atoms with Gasteiger partial charge < -0.3 is 10.3 Å². The Balaban J connectivity index is 1.56. The molecule has 1 aromatic heterocycles. The predicted octanol–water partition coefficient (Wildman–Crippen LogP) is 4.13. The zero-order chi connectivity index (χ0) is 16.7. The van der Waals surface area contributed by atoms with Crippen LogP contribution in [0, 0.1) is 0 Å². The summed E-state index contributed by atoms with van der Waals surface area (Å²) in [6.45, 7) is 1.94. The van der Waals surface area contributed by atoms with Crippen molar-refractivity contribution in [3.63, 3.8) is 0 Å². The maximum absolute atomic E-state index is 12.9. The van der Waals surface area contributed by atoms with Crippen LogP contribution in [0.3, 0.4) is 0 Å². The van der Waals surface area contributed by atoms with Crippen LogP contribution in [0.25, 0.3) is 11.0 Å². The first-order valence-electron chi connectivity index (χ1n) is 8.11. The highest BCUT2D eigenvalue weighted by atomic mass is 35.5. The number of hydrogen-bond acceptors (Lipinski definition) is 2. The number of hydrogen-bond donors (Lipinski definition) is 2. The molecule has 3 aromatic rings. The number of aromatic nitrogens is 2. The van der Waals surface area contributed by atoms with E-state index in [9.17, 15) is 4.79 Å². The van der Waals surface area contributed by atoms with Gasteiger partial charge in [-0.15, -0.1) is 0 Å². The van der Waals surface area contributed by atoms with E-state index < -0.39 is 5.41 Å². The Hall–Kier alpha value is -2.33. The molecule has 2 aromatic carbocycles. The maximum atomic E-state index is 12.9. The SMILES string of the molecule is CC(NC(=O)C1(c2ccccc2Cl)CC1)c1nc2ccccc2[nH]1. The second-order valence-corrected chi connectivity index (χ2v) is 6.80. The zero-order valence-corrected chi connectivity index (χ0v) is 14.1. The molecule has 1 heterocycles. The molecule has 4 rings (SSSR count). The largest absolute Gasteiger partial charge is 0.346 e. The number of H-pyrrole nitrogens is 1. The van der Waals surface area contributed by atoms with Gasteiger partial charge in [-0.3, -0.25) is 4.79 Å². The van der Waals surface area contributed by atoms with E-state index in [-0.39, 0.29) is 11.9 Å². The van der Waals surface area contributed by atoms with Crippen molar-refractivity contribution in [2.24, 2.45) is 0 Å². The van der Waals surface area contributed by atoms with Crippen LogP contribution in [0.4, 0.5) is 0 Å². The molecule has 24 heavy (non-hydrogen) atoms. The summed E-state index contributed by atoms with van der Waals surface area (Å²) in [6, 6.07) is 15.3. The van der Waals surface area contributed by atoms with Gasteiger partial charge in [0.1, 0.15) is 5.82 Å². The number of rotatable bonds is 4. The highest BCUT2D eigenvalue weighted by Gasteiger charge is 2.52. The van der Waals surface area contributed by atoms with Crippen LogP contribution in [0.5, 0.6) is 0 Å². The van der Waals surface area contributed by atoms with Crippen LogP contribution < -0.4 is 5.32 Å². The van der Waals surface area contributed by atoms with Gasteiger partial charge in [0, 0.05) is 5.02 Å². The Morgan fingerprint density at radius 3 is 2.62 bits per heavy atom. The fourth-order valence-corrected chi connectivity index (χ4v) is 3.49. The molecule has 1 atom stereocenters. The number of halogens is 1. The van der Waals surface area contributed by atoms with Gasteiger partial charge in [0.25, 0.3) is 0 Å². The summed E-state index contributed by atoms with van der Waals surface area (Å²) in [4.78, 5) is 20.7. The summed E-state index contributed by atoms with van der Waals surface area (Å²) < 4.78 is 0. The molecule has 1 aliphatic rings. The molecular weight excluding hydrogens is 322 g/mol. The van der Waals surface area contributed by atoms with Gasteiger partial charge in [-0.2, -0.15) is 0 Å². The topological polar surface area (TPSA) is 57.8 Å². The maximum Gasteiger partial charge on any atom is 0.231 e. The standard InChI is InChI=1S/C19H18ClN3O/c1-12(17-22-15-8-4-5-9-16(15)23-17)21-18(24)19(10-11-19)13-6-2-3-7-14(13)20/h2-9,12H,10-11H2,1H3,(H,21,24)(H,22,23). The molecule has 122 valence electrons. The molecule has 1 unspecified atom stereocenters. The molecule has 0 spiro atoms. The van der Waals surface area contributed by atoms with E-state index in [2.05, 4.69) is 15.3 Å². The van der Waals surface area contributed by atoms with Crippen LogP contribution in [-0.4, -0.2) is 15.9 Å². The first-order chi connectivity index (χ1) is 11.6. The van der Waals surface area contributed by atoms with Gasteiger partial charge in [-0.05, 0) is 43.5 Å². The van der Waals surface area contributed by atoms with Crippen molar-refractivity contribution in [1.29, 1.82) is 0 Å². The highest BCUT2D eigenvalue weighted by Crippen LogP contribution is 2.50. The summed E-state index contributed by atoms with van der Waals surface area (Å²) in [5.74, 6) is 0.781. The lowest BCUT2D eigenvalue weighted by atomic mass is 9.94. The predicted molar refractivity (Wildman–Crippen MR) is 95.0 cm³/mol. The Kier molecular flexibility index (Phi) is 3.57. The third-order valence-electron chi connectivity index (χ3n) is 4.74. The minimum atomic E-state index is -0.487. The Morgan fingerprint density at radius 2 is 1.92 bits per heavy atom. The van der Waals surface area contributed by atoms with Crippen molar-refractivity contribution in [3.05, 3.63) is 64.9 Å². The number of benzene rings is 2. The van der Waals surface area contributed by atoms with E-state index in [4.69, 9.17) is 11.6 Å². The summed E-state index contributed by atoms with van der Waals surface area (Å²) in [7, 11) is 0. The number of amides is 1. The van der Waals surface area contributed by atoms with Crippen LogP contribution >= 0.6 is 11.6 Å². The Morgan fingerprint density at radius 1 is 1.21 bits per heavy atom. The van der Waals surface area contributed by atoms with Crippen molar-refractivity contribution >= 4 is 28.5 Å². The smallest absolute Gasteiger partial charge is 0.231 e. The van der Waals surface area contributed by atoms with Crippen molar-refractivity contribution in [1.82, 2.24) is 15.3 Å². The van der Waals surface area contributed by atoms with Crippen molar-refractivity contribution < 1.29 is 4.79 Å². The van der Waals surface area contributed by atoms with E-state index in [1.54, 1.807) is 0 Å². The molecule has 0 saturated heterocycles. The Labute approximate surface area is 145 Å². The van der Waals surface area contributed by atoms with Crippen LogP contribution in [0.2, 0.25) is 5.02 Å². The first-order valence-corrected chi connectivity index (χ1v) is 8.48. The molecule has 0 radical (unpaired) electrons. The van der Waals surface area contributed by atoms with Crippen molar-refractivity contribution in [2.45, 2.75) is 31.2 Å². The normalized spacial score (nSPS) is 16.8. The average Bonchev–Trinajstić information content (AvgIpc) is 3.27. The van der Waals surface area contributed by atoms with Crippen molar-refractivity contribution in [2.75, 3.05) is 0 Å². The van der Waals surface area contributed by atoms with Gasteiger partial charge in [0.2, 0.25) is 5.91 Å². The summed E-state index contributed by atoms with van der Waals surface area (Å²) in [5.41, 5.74) is 2.31. The second kappa shape index (κ2) is 5.64. The Bertz CT molecular complexity index is 881. The van der Waals surface area contributed by atoms with E-state index in [1.807, 2.05) is 55.5 Å². The molecule has 0 bridgehead atoms. The van der Waals surface area contributed by atoms with Gasteiger partial charge in [0.15, 0.2) is 0 Å². The molecule has 1 aliphatic carbocycles. The highest BCUT2D eigenvalue weighted by molar-refractivity contribution is 6.31. The lowest BCUT2D eigenvalue weighted by Crippen LogP contribution is -2.36. The van der Waals surface area contributed by atoms with Gasteiger partial charge >= 0.3 is 0 Å². The summed E-state index contributed by atoms with van der Waals surface area (Å²) in [5, 5.41) is 3.75. The third kappa shape index (κ3) is 2.47. The molecule has 4 nitrogen and oxygen atoms in total. The van der Waals surface area contributed by atoms with Gasteiger partial charge in [-0.1, -0.05) is 41.9 Å². The first kappa shape index (κ1) is 15.2. The summed E-state index contributed by atoms with van der Waals surface area (Å²) >= 11 is 6.30. The average molecular weight is 340 g/mol.